The molecule has 0 aliphatic carbocycles. The van der Waals surface area contributed by atoms with Crippen LogP contribution in [-0.2, 0) is 16.6 Å². The highest BCUT2D eigenvalue weighted by Crippen LogP contribution is 2.23. The SMILES string of the molecule is CC(c1cc(F)ccc1F)N(C)C(=O)NCc1ccc(S(=O)(=O)N2CCCCC2)cc1. The fourth-order valence-corrected chi connectivity index (χ4v) is 5.07. The first kappa shape index (κ1) is 23.1. The van der Waals surface area contributed by atoms with Crippen LogP contribution in [0.5, 0.6) is 0 Å². The van der Waals surface area contributed by atoms with Gasteiger partial charge in [0.05, 0.1) is 10.9 Å². The molecule has 2 aromatic rings. The van der Waals surface area contributed by atoms with E-state index in [0.29, 0.717) is 13.1 Å². The van der Waals surface area contributed by atoms with Crippen LogP contribution < -0.4 is 5.32 Å². The monoisotopic (exact) mass is 451 g/mol. The summed E-state index contributed by atoms with van der Waals surface area (Å²) < 4.78 is 54.4. The molecular formula is C22H27F2N3O3S. The molecule has 1 heterocycles. The summed E-state index contributed by atoms with van der Waals surface area (Å²) in [4.78, 5) is 14.0. The maximum atomic E-state index is 14.0. The lowest BCUT2D eigenvalue weighted by Crippen LogP contribution is -2.38. The van der Waals surface area contributed by atoms with Gasteiger partial charge in [-0.25, -0.2) is 22.0 Å². The van der Waals surface area contributed by atoms with E-state index in [1.54, 1.807) is 31.2 Å². The topological polar surface area (TPSA) is 69.7 Å². The van der Waals surface area contributed by atoms with Gasteiger partial charge in [0, 0.05) is 32.2 Å². The van der Waals surface area contributed by atoms with E-state index in [1.165, 1.54) is 16.3 Å². The van der Waals surface area contributed by atoms with E-state index in [4.69, 9.17) is 0 Å². The normalized spacial score (nSPS) is 16.0. The number of nitrogens with zero attached hydrogens (tertiary/aromatic N) is 2. The molecule has 3 rings (SSSR count). The number of urea groups is 1. The average Bonchev–Trinajstić information content (AvgIpc) is 2.79. The van der Waals surface area contributed by atoms with Crippen molar-refractivity contribution in [1.29, 1.82) is 0 Å². The molecule has 2 aromatic carbocycles. The lowest BCUT2D eigenvalue weighted by atomic mass is 10.1. The van der Waals surface area contributed by atoms with Gasteiger partial charge in [-0.3, -0.25) is 0 Å². The zero-order valence-electron chi connectivity index (χ0n) is 17.6. The molecule has 1 aliphatic heterocycles. The number of hydrogen-bond donors (Lipinski definition) is 1. The Morgan fingerprint density at radius 2 is 1.74 bits per heavy atom. The molecule has 1 fully saturated rings. The molecule has 0 bridgehead atoms. The highest BCUT2D eigenvalue weighted by Gasteiger charge is 2.26. The van der Waals surface area contributed by atoms with E-state index in [2.05, 4.69) is 5.32 Å². The first-order valence-electron chi connectivity index (χ1n) is 10.2. The van der Waals surface area contributed by atoms with Gasteiger partial charge in [-0.15, -0.1) is 0 Å². The Bertz CT molecular complexity index is 1020. The van der Waals surface area contributed by atoms with Crippen LogP contribution in [0.3, 0.4) is 0 Å². The molecule has 1 saturated heterocycles. The Hall–Kier alpha value is -2.52. The second-order valence-corrected chi connectivity index (χ2v) is 9.66. The van der Waals surface area contributed by atoms with Gasteiger partial charge in [-0.1, -0.05) is 18.6 Å². The Balaban J connectivity index is 1.60. The number of rotatable bonds is 6. The van der Waals surface area contributed by atoms with Crippen LogP contribution in [0.1, 0.15) is 43.4 Å². The summed E-state index contributed by atoms with van der Waals surface area (Å²) in [6.45, 7) is 2.86. The van der Waals surface area contributed by atoms with Gasteiger partial charge in [0.25, 0.3) is 0 Å². The summed E-state index contributed by atoms with van der Waals surface area (Å²) in [7, 11) is -2.00. The molecule has 31 heavy (non-hydrogen) atoms. The van der Waals surface area contributed by atoms with E-state index in [-0.39, 0.29) is 17.0 Å². The molecule has 168 valence electrons. The Kier molecular flexibility index (Phi) is 7.27. The Morgan fingerprint density at radius 1 is 1.10 bits per heavy atom. The summed E-state index contributed by atoms with van der Waals surface area (Å²) in [5, 5.41) is 2.72. The van der Waals surface area contributed by atoms with Crippen LogP contribution in [0.15, 0.2) is 47.4 Å². The second-order valence-electron chi connectivity index (χ2n) is 7.72. The van der Waals surface area contributed by atoms with Crippen molar-refractivity contribution in [2.45, 2.75) is 43.7 Å². The molecule has 0 saturated carbocycles. The smallest absolute Gasteiger partial charge is 0.317 e. The molecule has 0 spiro atoms. The van der Waals surface area contributed by atoms with Crippen LogP contribution in [-0.4, -0.2) is 43.8 Å². The molecule has 9 heteroatoms. The van der Waals surface area contributed by atoms with Gasteiger partial charge in [0.1, 0.15) is 11.6 Å². The molecule has 0 aromatic heterocycles. The number of nitrogens with one attached hydrogen (secondary N) is 1. The van der Waals surface area contributed by atoms with Gasteiger partial charge in [-0.05, 0) is 55.7 Å². The first-order chi connectivity index (χ1) is 14.7. The Labute approximate surface area is 181 Å². The minimum Gasteiger partial charge on any atom is -0.334 e. The minimum atomic E-state index is -3.50. The highest BCUT2D eigenvalue weighted by atomic mass is 32.2. The van der Waals surface area contributed by atoms with Gasteiger partial charge in [0.15, 0.2) is 0 Å². The lowest BCUT2D eigenvalue weighted by Gasteiger charge is -2.26. The van der Waals surface area contributed by atoms with Crippen molar-refractivity contribution in [2.24, 2.45) is 0 Å². The second kappa shape index (κ2) is 9.74. The van der Waals surface area contributed by atoms with Crippen LogP contribution in [0.25, 0.3) is 0 Å². The molecule has 1 unspecified atom stereocenters. The van der Waals surface area contributed by atoms with Crippen molar-refractivity contribution in [1.82, 2.24) is 14.5 Å². The third-order valence-electron chi connectivity index (χ3n) is 5.63. The minimum absolute atomic E-state index is 0.0879. The molecule has 6 nitrogen and oxygen atoms in total. The van der Waals surface area contributed by atoms with E-state index in [1.807, 2.05) is 0 Å². The predicted molar refractivity (Wildman–Crippen MR) is 114 cm³/mol. The van der Waals surface area contributed by atoms with Crippen molar-refractivity contribution in [2.75, 3.05) is 20.1 Å². The molecule has 1 N–H and O–H groups in total. The predicted octanol–water partition coefficient (Wildman–Crippen LogP) is 4.04. The number of piperidine rings is 1. The van der Waals surface area contributed by atoms with Crippen LogP contribution in [0.2, 0.25) is 0 Å². The average molecular weight is 452 g/mol. The van der Waals surface area contributed by atoms with Crippen LogP contribution in [0, 0.1) is 11.6 Å². The number of amides is 2. The maximum Gasteiger partial charge on any atom is 0.317 e. The highest BCUT2D eigenvalue weighted by molar-refractivity contribution is 7.89. The Morgan fingerprint density at radius 3 is 2.39 bits per heavy atom. The summed E-state index contributed by atoms with van der Waals surface area (Å²) in [6.07, 6.45) is 2.78. The van der Waals surface area contributed by atoms with E-state index < -0.39 is 33.7 Å². The molecule has 2 amide bonds. The number of carbonyl (C=O) groups is 1. The van der Waals surface area contributed by atoms with Crippen molar-refractivity contribution in [3.63, 3.8) is 0 Å². The van der Waals surface area contributed by atoms with Crippen molar-refractivity contribution < 1.29 is 22.0 Å². The molecule has 0 radical (unpaired) electrons. The summed E-state index contributed by atoms with van der Waals surface area (Å²) in [6, 6.07) is 8.41. The van der Waals surface area contributed by atoms with Crippen LogP contribution in [0.4, 0.5) is 13.6 Å². The van der Waals surface area contributed by atoms with Crippen molar-refractivity contribution in [3.05, 3.63) is 65.2 Å². The summed E-state index contributed by atoms with van der Waals surface area (Å²) in [5.41, 5.74) is 0.814. The van der Waals surface area contributed by atoms with Gasteiger partial charge >= 0.3 is 6.03 Å². The number of benzene rings is 2. The van der Waals surface area contributed by atoms with E-state index in [0.717, 1.165) is 43.0 Å². The largest absolute Gasteiger partial charge is 0.334 e. The summed E-state index contributed by atoms with van der Waals surface area (Å²) >= 11 is 0. The fraction of sp³-hybridized carbons (Fsp3) is 0.409. The fourth-order valence-electron chi connectivity index (χ4n) is 3.56. The molecular weight excluding hydrogens is 424 g/mol. The van der Waals surface area contributed by atoms with Crippen molar-refractivity contribution >= 4 is 16.1 Å². The van der Waals surface area contributed by atoms with E-state index >= 15 is 0 Å². The molecule has 1 aliphatic rings. The van der Waals surface area contributed by atoms with Gasteiger partial charge in [0.2, 0.25) is 10.0 Å². The molecule has 1 atom stereocenters. The third kappa shape index (κ3) is 5.40. The standard InChI is InChI=1S/C22H27F2N3O3S/c1-16(20-14-18(23)8-11-21(20)24)26(2)22(28)25-15-17-6-9-19(10-7-17)31(29,30)27-12-4-3-5-13-27/h6-11,14,16H,3-5,12-13,15H2,1-2H3,(H,25,28). The first-order valence-corrected chi connectivity index (χ1v) is 11.7. The lowest BCUT2D eigenvalue weighted by molar-refractivity contribution is 0.193. The number of carbonyl (C=O) groups excluding carboxylic acids is 1. The number of sulfonamides is 1. The van der Waals surface area contributed by atoms with Gasteiger partial charge in [-0.2, -0.15) is 4.31 Å². The van der Waals surface area contributed by atoms with Crippen molar-refractivity contribution in [3.8, 4) is 0 Å². The van der Waals surface area contributed by atoms with E-state index in [9.17, 15) is 22.0 Å². The zero-order valence-corrected chi connectivity index (χ0v) is 18.5. The third-order valence-corrected chi connectivity index (χ3v) is 7.54. The quantitative estimate of drug-likeness (QED) is 0.721. The number of hydrogen-bond acceptors (Lipinski definition) is 3. The van der Waals surface area contributed by atoms with Crippen LogP contribution >= 0.6 is 0 Å². The summed E-state index contributed by atoms with van der Waals surface area (Å²) in [5.74, 6) is -1.16. The number of halogens is 2. The zero-order chi connectivity index (χ0) is 22.6. The maximum absolute atomic E-state index is 14.0. The van der Waals surface area contributed by atoms with Gasteiger partial charge < -0.3 is 10.2 Å².